The second-order valence-corrected chi connectivity index (χ2v) is 7.27. The normalized spacial score (nSPS) is 18.7. The molecule has 150 valence electrons. The van der Waals surface area contributed by atoms with Crippen LogP contribution >= 0.6 is 0 Å². The fourth-order valence-electron chi connectivity index (χ4n) is 3.65. The number of carbonyl (C=O) groups excluding carboxylic acids is 1. The largest absolute Gasteiger partial charge is 0.494 e. The number of carbonyl (C=O) groups is 1. The summed E-state index contributed by atoms with van der Waals surface area (Å²) in [6.45, 7) is 3.34. The summed E-state index contributed by atoms with van der Waals surface area (Å²) in [7, 11) is 0. The van der Waals surface area contributed by atoms with Gasteiger partial charge in [-0.3, -0.25) is 4.79 Å². The minimum absolute atomic E-state index is 0.206. The SMILES string of the molecule is CCCOc1cccc(-c2ccc(C(=O)N[C@H]3COC[C@@H]3O)c3ccccc23)c1. The van der Waals surface area contributed by atoms with Gasteiger partial charge in [0.1, 0.15) is 5.75 Å². The molecule has 0 aliphatic carbocycles. The quantitative estimate of drug-likeness (QED) is 0.671. The Bertz CT molecular complexity index is 1020. The molecule has 1 fully saturated rings. The van der Waals surface area contributed by atoms with Gasteiger partial charge in [0.05, 0.1) is 32.0 Å². The summed E-state index contributed by atoms with van der Waals surface area (Å²) in [6.07, 6.45) is 0.285. The van der Waals surface area contributed by atoms with E-state index in [1.165, 1.54) is 0 Å². The molecule has 0 radical (unpaired) electrons. The zero-order valence-corrected chi connectivity index (χ0v) is 16.4. The van der Waals surface area contributed by atoms with Crippen molar-refractivity contribution in [3.63, 3.8) is 0 Å². The first kappa shape index (κ1) is 19.4. The summed E-state index contributed by atoms with van der Waals surface area (Å²) in [5, 5.41) is 14.7. The molecule has 0 spiro atoms. The summed E-state index contributed by atoms with van der Waals surface area (Å²) in [5.74, 6) is 0.632. The maximum Gasteiger partial charge on any atom is 0.252 e. The molecule has 1 aliphatic heterocycles. The number of hydrogen-bond donors (Lipinski definition) is 2. The third-order valence-corrected chi connectivity index (χ3v) is 5.15. The molecule has 0 bridgehead atoms. The van der Waals surface area contributed by atoms with Gasteiger partial charge in [-0.05, 0) is 46.5 Å². The summed E-state index contributed by atoms with van der Waals surface area (Å²) in [4.78, 5) is 12.9. The Morgan fingerprint density at radius 1 is 1.10 bits per heavy atom. The van der Waals surface area contributed by atoms with E-state index in [9.17, 15) is 9.90 Å². The Balaban J connectivity index is 1.70. The van der Waals surface area contributed by atoms with E-state index >= 15 is 0 Å². The smallest absolute Gasteiger partial charge is 0.252 e. The molecule has 2 N–H and O–H groups in total. The Hall–Kier alpha value is -2.89. The number of hydrogen-bond acceptors (Lipinski definition) is 4. The number of rotatable bonds is 6. The van der Waals surface area contributed by atoms with Gasteiger partial charge in [-0.25, -0.2) is 0 Å². The van der Waals surface area contributed by atoms with E-state index in [4.69, 9.17) is 9.47 Å². The van der Waals surface area contributed by atoms with Crippen molar-refractivity contribution in [3.05, 3.63) is 66.2 Å². The Labute approximate surface area is 170 Å². The molecule has 3 aromatic rings. The Morgan fingerprint density at radius 2 is 1.93 bits per heavy atom. The molecule has 29 heavy (non-hydrogen) atoms. The zero-order chi connectivity index (χ0) is 20.2. The van der Waals surface area contributed by atoms with Crippen molar-refractivity contribution in [2.45, 2.75) is 25.5 Å². The highest BCUT2D eigenvalue weighted by Gasteiger charge is 2.28. The van der Waals surface area contributed by atoms with Gasteiger partial charge >= 0.3 is 0 Å². The molecule has 5 heteroatoms. The average molecular weight is 391 g/mol. The summed E-state index contributed by atoms with van der Waals surface area (Å²) >= 11 is 0. The van der Waals surface area contributed by atoms with E-state index in [1.807, 2.05) is 60.7 Å². The second-order valence-electron chi connectivity index (χ2n) is 7.27. The molecular weight excluding hydrogens is 366 g/mol. The van der Waals surface area contributed by atoms with Crippen LogP contribution in [0.25, 0.3) is 21.9 Å². The first-order valence-electron chi connectivity index (χ1n) is 9.99. The standard InChI is InChI=1S/C24H25NO4/c1-2-12-29-17-7-5-6-16(13-17)18-10-11-21(20-9-4-3-8-19(18)20)24(27)25-22-14-28-15-23(22)26/h3-11,13,22-23,26H,2,12,14-15H2,1H3,(H,25,27)/t22-,23-/m0/s1. The summed E-state index contributed by atoms with van der Waals surface area (Å²) < 4.78 is 11.0. The van der Waals surface area contributed by atoms with Gasteiger partial charge in [-0.2, -0.15) is 0 Å². The van der Waals surface area contributed by atoms with E-state index in [0.717, 1.165) is 34.1 Å². The zero-order valence-electron chi connectivity index (χ0n) is 16.4. The molecule has 3 aromatic carbocycles. The van der Waals surface area contributed by atoms with Crippen molar-refractivity contribution in [1.29, 1.82) is 0 Å². The molecule has 0 unspecified atom stereocenters. The minimum Gasteiger partial charge on any atom is -0.494 e. The highest BCUT2D eigenvalue weighted by molar-refractivity contribution is 6.11. The van der Waals surface area contributed by atoms with Crippen molar-refractivity contribution in [2.75, 3.05) is 19.8 Å². The predicted octanol–water partition coefficient (Wildman–Crippen LogP) is 3.79. The van der Waals surface area contributed by atoms with Crippen molar-refractivity contribution in [3.8, 4) is 16.9 Å². The first-order valence-corrected chi connectivity index (χ1v) is 9.99. The lowest BCUT2D eigenvalue weighted by atomic mass is 9.94. The third kappa shape index (κ3) is 4.11. The van der Waals surface area contributed by atoms with E-state index < -0.39 is 6.10 Å². The maximum absolute atomic E-state index is 12.9. The fraction of sp³-hybridized carbons (Fsp3) is 0.292. The number of aliphatic hydroxyl groups excluding tert-OH is 1. The van der Waals surface area contributed by atoms with Gasteiger partial charge in [0.2, 0.25) is 0 Å². The van der Waals surface area contributed by atoms with E-state index in [-0.39, 0.29) is 18.6 Å². The monoisotopic (exact) mass is 391 g/mol. The topological polar surface area (TPSA) is 67.8 Å². The highest BCUT2D eigenvalue weighted by atomic mass is 16.5. The number of nitrogens with one attached hydrogen (secondary N) is 1. The van der Waals surface area contributed by atoms with Gasteiger partial charge in [0.25, 0.3) is 5.91 Å². The molecule has 1 aliphatic rings. The van der Waals surface area contributed by atoms with E-state index in [1.54, 1.807) is 0 Å². The van der Waals surface area contributed by atoms with Gasteiger partial charge in [0.15, 0.2) is 0 Å². The lowest BCUT2D eigenvalue weighted by Crippen LogP contribution is -2.42. The molecule has 1 saturated heterocycles. The Morgan fingerprint density at radius 3 is 2.69 bits per heavy atom. The van der Waals surface area contributed by atoms with Gasteiger partial charge < -0.3 is 19.9 Å². The van der Waals surface area contributed by atoms with Gasteiger partial charge in [-0.15, -0.1) is 0 Å². The third-order valence-electron chi connectivity index (χ3n) is 5.15. The van der Waals surface area contributed by atoms with Crippen LogP contribution < -0.4 is 10.1 Å². The minimum atomic E-state index is -0.671. The molecule has 2 atom stereocenters. The van der Waals surface area contributed by atoms with Crippen LogP contribution in [0.5, 0.6) is 5.75 Å². The van der Waals surface area contributed by atoms with Crippen molar-refractivity contribution in [2.24, 2.45) is 0 Å². The van der Waals surface area contributed by atoms with Crippen LogP contribution in [0.1, 0.15) is 23.7 Å². The van der Waals surface area contributed by atoms with Gasteiger partial charge in [0, 0.05) is 5.56 Å². The molecule has 4 rings (SSSR count). The van der Waals surface area contributed by atoms with Crippen molar-refractivity contribution < 1.29 is 19.4 Å². The summed E-state index contributed by atoms with van der Waals surface area (Å²) in [6, 6.07) is 19.3. The van der Waals surface area contributed by atoms with Crippen LogP contribution in [0.3, 0.4) is 0 Å². The van der Waals surface area contributed by atoms with E-state index in [2.05, 4.69) is 12.2 Å². The second kappa shape index (κ2) is 8.64. The van der Waals surface area contributed by atoms with Crippen LogP contribution in [0.4, 0.5) is 0 Å². The average Bonchev–Trinajstić information content (AvgIpc) is 3.16. The number of benzene rings is 3. The number of aliphatic hydroxyl groups is 1. The van der Waals surface area contributed by atoms with Crippen LogP contribution in [0.15, 0.2) is 60.7 Å². The molecule has 1 heterocycles. The highest BCUT2D eigenvalue weighted by Crippen LogP contribution is 2.32. The van der Waals surface area contributed by atoms with E-state index in [0.29, 0.717) is 18.8 Å². The van der Waals surface area contributed by atoms with Crippen LogP contribution in [0, 0.1) is 0 Å². The first-order chi connectivity index (χ1) is 14.2. The van der Waals surface area contributed by atoms with Crippen LogP contribution in [-0.2, 0) is 4.74 Å². The molecule has 0 saturated carbocycles. The predicted molar refractivity (Wildman–Crippen MR) is 113 cm³/mol. The molecular formula is C24H25NO4. The molecule has 0 aromatic heterocycles. The lowest BCUT2D eigenvalue weighted by molar-refractivity contribution is 0.0888. The van der Waals surface area contributed by atoms with Crippen LogP contribution in [0.2, 0.25) is 0 Å². The molecule has 1 amide bonds. The Kier molecular flexibility index (Phi) is 5.79. The fourth-order valence-corrected chi connectivity index (χ4v) is 3.65. The molecule has 5 nitrogen and oxygen atoms in total. The number of amides is 1. The van der Waals surface area contributed by atoms with Crippen molar-refractivity contribution >= 4 is 16.7 Å². The summed E-state index contributed by atoms with van der Waals surface area (Å²) in [5.41, 5.74) is 2.67. The lowest BCUT2D eigenvalue weighted by Gasteiger charge is -2.17. The van der Waals surface area contributed by atoms with Crippen LogP contribution in [-0.4, -0.2) is 43.0 Å². The maximum atomic E-state index is 12.9. The van der Waals surface area contributed by atoms with Crippen molar-refractivity contribution in [1.82, 2.24) is 5.32 Å². The van der Waals surface area contributed by atoms with Gasteiger partial charge in [-0.1, -0.05) is 49.4 Å². The number of fused-ring (bicyclic) bond motifs is 1. The number of ether oxygens (including phenoxy) is 2.